The number of rotatable bonds is 14. The number of nitrogens with one attached hydrogen (secondary N) is 3. The van der Waals surface area contributed by atoms with Gasteiger partial charge < -0.3 is 36.0 Å². The molecular formula is C34H46N8O5. The van der Waals surface area contributed by atoms with Gasteiger partial charge in [-0.2, -0.15) is 0 Å². The van der Waals surface area contributed by atoms with Gasteiger partial charge in [0.1, 0.15) is 18.3 Å². The lowest BCUT2D eigenvalue weighted by atomic mass is 9.91. The number of amides is 2. The monoisotopic (exact) mass is 646 g/mol. The zero-order chi connectivity index (χ0) is 33.5. The van der Waals surface area contributed by atoms with Crippen molar-refractivity contribution in [3.63, 3.8) is 0 Å². The third-order valence-electron chi connectivity index (χ3n) is 8.53. The Balaban J connectivity index is 1.40. The molecule has 47 heavy (non-hydrogen) atoms. The van der Waals surface area contributed by atoms with Crippen LogP contribution in [0.4, 0.5) is 10.6 Å². The van der Waals surface area contributed by atoms with Crippen molar-refractivity contribution >= 4 is 23.0 Å². The third-order valence-corrected chi connectivity index (χ3v) is 8.53. The molecule has 3 heterocycles. The molecule has 0 bridgehead atoms. The summed E-state index contributed by atoms with van der Waals surface area (Å²) >= 11 is 0. The van der Waals surface area contributed by atoms with Crippen molar-refractivity contribution in [1.82, 2.24) is 35.1 Å². The number of ether oxygens (including phenoxy) is 1. The molecule has 5 rings (SSSR count). The quantitative estimate of drug-likeness (QED) is 0.120. The fourth-order valence-electron chi connectivity index (χ4n) is 6.09. The Labute approximate surface area is 275 Å². The molecule has 2 aromatic carbocycles. The number of hydrogen-bond donors (Lipinski definition) is 6. The number of aromatic nitrogens is 4. The normalized spacial score (nSPS) is 19.7. The van der Waals surface area contributed by atoms with Gasteiger partial charge in [-0.1, -0.05) is 60.7 Å². The van der Waals surface area contributed by atoms with Crippen LogP contribution >= 0.6 is 0 Å². The molecule has 0 spiro atoms. The van der Waals surface area contributed by atoms with Crippen molar-refractivity contribution in [2.24, 2.45) is 0 Å². The predicted octanol–water partition coefficient (Wildman–Crippen LogP) is 2.60. The first kappa shape index (κ1) is 34.2. The zero-order valence-electron chi connectivity index (χ0n) is 27.3. The lowest BCUT2D eigenvalue weighted by Gasteiger charge is -2.30. The summed E-state index contributed by atoms with van der Waals surface area (Å²) in [4.78, 5) is 29.0. The first-order valence-electron chi connectivity index (χ1n) is 16.1. The maximum Gasteiger partial charge on any atom is 0.315 e. The Morgan fingerprint density at radius 3 is 2.15 bits per heavy atom. The van der Waals surface area contributed by atoms with Crippen LogP contribution in [0.25, 0.3) is 11.2 Å². The summed E-state index contributed by atoms with van der Waals surface area (Å²) in [6, 6.07) is 20.7. The van der Waals surface area contributed by atoms with E-state index in [1.807, 2.05) is 36.4 Å². The van der Waals surface area contributed by atoms with E-state index in [0.717, 1.165) is 11.1 Å². The minimum absolute atomic E-state index is 0.00598. The molecule has 13 heteroatoms. The van der Waals surface area contributed by atoms with Crippen LogP contribution in [0.3, 0.4) is 0 Å². The maximum atomic E-state index is 12.8. The van der Waals surface area contributed by atoms with E-state index in [0.29, 0.717) is 54.5 Å². The lowest BCUT2D eigenvalue weighted by molar-refractivity contribution is -0.0511. The van der Waals surface area contributed by atoms with E-state index < -0.39 is 31.1 Å². The van der Waals surface area contributed by atoms with Crippen LogP contribution < -0.4 is 16.0 Å². The van der Waals surface area contributed by atoms with Crippen molar-refractivity contribution in [3.8, 4) is 0 Å². The number of benzene rings is 2. The van der Waals surface area contributed by atoms with Crippen LogP contribution in [0.2, 0.25) is 0 Å². The van der Waals surface area contributed by atoms with Gasteiger partial charge in [0, 0.05) is 37.6 Å². The molecule has 2 aromatic heterocycles. The van der Waals surface area contributed by atoms with Gasteiger partial charge in [0.15, 0.2) is 29.0 Å². The van der Waals surface area contributed by atoms with Crippen LogP contribution in [0.5, 0.6) is 0 Å². The van der Waals surface area contributed by atoms with Crippen molar-refractivity contribution < 1.29 is 24.9 Å². The van der Waals surface area contributed by atoms with Crippen molar-refractivity contribution in [1.29, 1.82) is 0 Å². The van der Waals surface area contributed by atoms with Gasteiger partial charge in [-0.25, -0.2) is 19.7 Å². The molecule has 1 aliphatic heterocycles. The van der Waals surface area contributed by atoms with E-state index in [1.54, 1.807) is 0 Å². The molecule has 4 aromatic rings. The van der Waals surface area contributed by atoms with Crippen LogP contribution in [0, 0.1) is 0 Å². The standard InChI is InChI=1S/C34H46N8O5/c1-21(2)41(22(3)4)16-15-35-34(46)37-18-27-39-31(36-17-25(23-11-7-5-8-12-23)24-13-9-6-10-14-24)28-32(40-27)42(20-38-28)33-30(45)29(44)26(19-43)47-33/h5-14,20-22,25-26,29-30,33,43-45H,15-19H2,1-4H3,(H2,35,37,46)(H,36,39,40)/t26-,29-,30-,33-/m1/s1. The van der Waals surface area contributed by atoms with Crippen molar-refractivity contribution in [2.45, 2.75) is 76.8 Å². The van der Waals surface area contributed by atoms with E-state index in [1.165, 1.54) is 10.9 Å². The minimum Gasteiger partial charge on any atom is -0.394 e. The van der Waals surface area contributed by atoms with Gasteiger partial charge in [0.05, 0.1) is 19.5 Å². The average Bonchev–Trinajstić information content (AvgIpc) is 3.62. The average molecular weight is 647 g/mol. The van der Waals surface area contributed by atoms with E-state index in [2.05, 4.69) is 82.8 Å². The second-order valence-electron chi connectivity index (χ2n) is 12.3. The Morgan fingerprint density at radius 1 is 0.936 bits per heavy atom. The number of carbonyl (C=O) groups excluding carboxylic acids is 1. The summed E-state index contributed by atoms with van der Waals surface area (Å²) in [7, 11) is 0. The van der Waals surface area contributed by atoms with Gasteiger partial charge in [-0.05, 0) is 38.8 Å². The van der Waals surface area contributed by atoms with E-state index in [4.69, 9.17) is 9.72 Å². The molecular weight excluding hydrogens is 600 g/mol. The van der Waals surface area contributed by atoms with Gasteiger partial charge in [-0.3, -0.25) is 9.47 Å². The Hall–Kier alpha value is -4.14. The highest BCUT2D eigenvalue weighted by atomic mass is 16.6. The van der Waals surface area contributed by atoms with E-state index in [9.17, 15) is 20.1 Å². The molecule has 1 aliphatic rings. The minimum atomic E-state index is -1.32. The molecule has 4 atom stereocenters. The second-order valence-corrected chi connectivity index (χ2v) is 12.3. The van der Waals surface area contributed by atoms with Crippen molar-refractivity contribution in [3.05, 3.63) is 83.9 Å². The smallest absolute Gasteiger partial charge is 0.315 e. The van der Waals surface area contributed by atoms with Gasteiger partial charge in [0.25, 0.3) is 0 Å². The Morgan fingerprint density at radius 2 is 1.57 bits per heavy atom. The first-order valence-corrected chi connectivity index (χ1v) is 16.1. The first-order chi connectivity index (χ1) is 22.7. The van der Waals surface area contributed by atoms with Crippen molar-refractivity contribution in [2.75, 3.05) is 31.6 Å². The molecule has 0 aliphatic carbocycles. The molecule has 0 radical (unpaired) electrons. The van der Waals surface area contributed by atoms with E-state index >= 15 is 0 Å². The van der Waals surface area contributed by atoms with Crippen LogP contribution in [0.15, 0.2) is 67.0 Å². The molecule has 0 saturated carbocycles. The number of imidazole rings is 1. The molecule has 1 saturated heterocycles. The van der Waals surface area contributed by atoms with Gasteiger partial charge in [0.2, 0.25) is 0 Å². The lowest BCUT2D eigenvalue weighted by Crippen LogP contribution is -2.44. The fourth-order valence-corrected chi connectivity index (χ4v) is 6.09. The number of carbonyl (C=O) groups is 1. The highest BCUT2D eigenvalue weighted by Crippen LogP contribution is 2.33. The largest absolute Gasteiger partial charge is 0.394 e. The number of aliphatic hydroxyl groups is 3. The maximum absolute atomic E-state index is 12.8. The number of fused-ring (bicyclic) bond motifs is 1. The van der Waals surface area contributed by atoms with E-state index in [-0.39, 0.29) is 18.5 Å². The molecule has 0 unspecified atom stereocenters. The molecule has 2 amide bonds. The molecule has 13 nitrogen and oxygen atoms in total. The summed E-state index contributed by atoms with van der Waals surface area (Å²) in [6.07, 6.45) is -3.14. The Kier molecular flexibility index (Phi) is 11.4. The summed E-state index contributed by atoms with van der Waals surface area (Å²) in [5.41, 5.74) is 3.02. The van der Waals surface area contributed by atoms with Crippen LogP contribution in [-0.2, 0) is 11.3 Å². The summed E-state index contributed by atoms with van der Waals surface area (Å²) < 4.78 is 7.31. The van der Waals surface area contributed by atoms with Gasteiger partial charge >= 0.3 is 6.03 Å². The zero-order valence-corrected chi connectivity index (χ0v) is 27.3. The number of aliphatic hydroxyl groups excluding tert-OH is 3. The highest BCUT2D eigenvalue weighted by molar-refractivity contribution is 5.83. The Bertz CT molecular complexity index is 1540. The number of hydrogen-bond acceptors (Lipinski definition) is 10. The van der Waals surface area contributed by atoms with Gasteiger partial charge in [-0.15, -0.1) is 0 Å². The van der Waals surface area contributed by atoms with Crippen LogP contribution in [-0.4, -0.2) is 102 Å². The second kappa shape index (κ2) is 15.6. The predicted molar refractivity (Wildman–Crippen MR) is 179 cm³/mol. The summed E-state index contributed by atoms with van der Waals surface area (Å²) in [5.74, 6) is 0.748. The highest BCUT2D eigenvalue weighted by Gasteiger charge is 2.44. The number of nitrogens with zero attached hydrogens (tertiary/aromatic N) is 5. The molecule has 6 N–H and O–H groups in total. The molecule has 252 valence electrons. The number of urea groups is 1. The van der Waals surface area contributed by atoms with Crippen LogP contribution in [0.1, 0.15) is 56.8 Å². The number of anilines is 1. The SMILES string of the molecule is CC(C)N(CCNC(=O)NCc1nc(NCC(c2ccccc2)c2ccccc2)c2ncn([C@@H]3O[C@H](CO)[C@@H](O)[C@H]3O)c2n1)C(C)C. The summed E-state index contributed by atoms with van der Waals surface area (Å²) in [6.45, 7) is 9.77. The topological polar surface area (TPSA) is 170 Å². The third kappa shape index (κ3) is 8.06. The summed E-state index contributed by atoms with van der Waals surface area (Å²) in [5, 5.41) is 40.0. The molecule has 1 fully saturated rings. The fraction of sp³-hybridized carbons (Fsp3) is 0.471.